The monoisotopic (exact) mass is 247 g/mol. The van der Waals surface area contributed by atoms with Crippen molar-refractivity contribution in [2.75, 3.05) is 6.54 Å². The normalized spacial score (nSPS) is 19.0. The van der Waals surface area contributed by atoms with Crippen molar-refractivity contribution in [3.05, 3.63) is 17.7 Å². The molecule has 17 heavy (non-hydrogen) atoms. The predicted molar refractivity (Wildman–Crippen MR) is 53.1 cm³/mol. The number of halogens is 3. The van der Waals surface area contributed by atoms with Crippen molar-refractivity contribution in [1.82, 2.24) is 14.9 Å². The summed E-state index contributed by atoms with van der Waals surface area (Å²) in [5, 5.41) is 0. The highest BCUT2D eigenvalue weighted by molar-refractivity contribution is 5.83. The zero-order valence-corrected chi connectivity index (χ0v) is 9.43. The van der Waals surface area contributed by atoms with Gasteiger partial charge < -0.3 is 9.88 Å². The molecule has 94 valence electrons. The van der Waals surface area contributed by atoms with E-state index >= 15 is 0 Å². The maximum Gasteiger partial charge on any atom is 0.471 e. The van der Waals surface area contributed by atoms with E-state index in [-0.39, 0.29) is 6.54 Å². The van der Waals surface area contributed by atoms with Crippen molar-refractivity contribution in [3.63, 3.8) is 0 Å². The third kappa shape index (κ3) is 1.79. The van der Waals surface area contributed by atoms with E-state index < -0.39 is 17.6 Å². The van der Waals surface area contributed by atoms with Gasteiger partial charge in [-0.3, -0.25) is 4.79 Å². The van der Waals surface area contributed by atoms with E-state index in [0.717, 1.165) is 10.6 Å². The molecule has 1 aliphatic rings. The molecule has 1 aliphatic heterocycles. The summed E-state index contributed by atoms with van der Waals surface area (Å²) in [6.07, 6.45) is -3.04. The van der Waals surface area contributed by atoms with Gasteiger partial charge in [-0.25, -0.2) is 4.98 Å². The summed E-state index contributed by atoms with van der Waals surface area (Å²) < 4.78 is 37.4. The SMILES string of the molecule is CC1(C)c2nc[nH]c2CCN1C(=O)C(F)(F)F. The third-order valence-electron chi connectivity index (χ3n) is 3.05. The first-order chi connectivity index (χ1) is 7.74. The Balaban J connectivity index is 2.38. The molecule has 1 amide bonds. The molecule has 0 aromatic carbocycles. The summed E-state index contributed by atoms with van der Waals surface area (Å²) in [6, 6.07) is 0. The number of fused-ring (bicyclic) bond motifs is 1. The highest BCUT2D eigenvalue weighted by atomic mass is 19.4. The summed E-state index contributed by atoms with van der Waals surface area (Å²) in [6.45, 7) is 3.17. The molecular formula is C10H12F3N3O. The van der Waals surface area contributed by atoms with E-state index in [1.807, 2.05) is 0 Å². The second-order valence-electron chi connectivity index (χ2n) is 4.49. The van der Waals surface area contributed by atoms with Crippen LogP contribution in [0.4, 0.5) is 13.2 Å². The van der Waals surface area contributed by atoms with Crippen LogP contribution in [0.25, 0.3) is 0 Å². The van der Waals surface area contributed by atoms with Crippen LogP contribution in [0, 0.1) is 0 Å². The molecule has 4 nitrogen and oxygen atoms in total. The van der Waals surface area contributed by atoms with Gasteiger partial charge in [-0.1, -0.05) is 0 Å². The Labute approximate surface area is 95.8 Å². The molecule has 0 aliphatic carbocycles. The fourth-order valence-electron chi connectivity index (χ4n) is 2.18. The van der Waals surface area contributed by atoms with Gasteiger partial charge in [-0.2, -0.15) is 13.2 Å². The van der Waals surface area contributed by atoms with E-state index in [4.69, 9.17) is 0 Å². The Hall–Kier alpha value is -1.53. The standard InChI is InChI=1S/C10H12F3N3O/c1-9(2)7-6(14-5-15-7)3-4-16(9)8(17)10(11,12)13/h5H,3-4H2,1-2H3,(H,14,15). The minimum absolute atomic E-state index is 0.0422. The number of amides is 1. The van der Waals surface area contributed by atoms with Crippen LogP contribution in [-0.4, -0.2) is 33.5 Å². The van der Waals surface area contributed by atoms with Crippen LogP contribution in [0.5, 0.6) is 0 Å². The smallest absolute Gasteiger partial charge is 0.348 e. The van der Waals surface area contributed by atoms with Crippen LogP contribution >= 0.6 is 0 Å². The van der Waals surface area contributed by atoms with Crippen LogP contribution < -0.4 is 0 Å². The van der Waals surface area contributed by atoms with Gasteiger partial charge in [0, 0.05) is 18.7 Å². The van der Waals surface area contributed by atoms with Crippen LogP contribution in [0.15, 0.2) is 6.33 Å². The predicted octanol–water partition coefficient (Wildman–Crippen LogP) is 1.59. The lowest BCUT2D eigenvalue weighted by Crippen LogP contribution is -2.54. The molecule has 0 saturated heterocycles. The summed E-state index contributed by atoms with van der Waals surface area (Å²) >= 11 is 0. The number of nitrogens with zero attached hydrogens (tertiary/aromatic N) is 2. The summed E-state index contributed by atoms with van der Waals surface area (Å²) in [7, 11) is 0. The molecule has 1 aromatic heterocycles. The van der Waals surface area contributed by atoms with Crippen LogP contribution in [0.3, 0.4) is 0 Å². The number of hydrogen-bond donors (Lipinski definition) is 1. The summed E-state index contributed by atoms with van der Waals surface area (Å²) in [5.41, 5.74) is 0.253. The molecule has 0 unspecified atom stereocenters. The molecule has 0 bridgehead atoms. The average molecular weight is 247 g/mol. The number of carbonyl (C=O) groups is 1. The lowest BCUT2D eigenvalue weighted by molar-refractivity contribution is -0.192. The molecule has 2 heterocycles. The van der Waals surface area contributed by atoms with Crippen LogP contribution in [-0.2, 0) is 16.8 Å². The number of nitrogens with one attached hydrogen (secondary N) is 1. The van der Waals surface area contributed by atoms with Gasteiger partial charge in [0.2, 0.25) is 0 Å². The number of alkyl halides is 3. The Morgan fingerprint density at radius 2 is 2.18 bits per heavy atom. The molecule has 0 fully saturated rings. The fraction of sp³-hybridized carbons (Fsp3) is 0.600. The van der Waals surface area contributed by atoms with Gasteiger partial charge in [0.1, 0.15) is 0 Å². The van der Waals surface area contributed by atoms with Crippen molar-refractivity contribution < 1.29 is 18.0 Å². The third-order valence-corrected chi connectivity index (χ3v) is 3.05. The number of hydrogen-bond acceptors (Lipinski definition) is 2. The Bertz CT molecular complexity index is 450. The Kier molecular flexibility index (Phi) is 2.44. The highest BCUT2D eigenvalue weighted by Crippen LogP contribution is 2.35. The Morgan fingerprint density at radius 3 is 2.76 bits per heavy atom. The molecule has 0 radical (unpaired) electrons. The number of rotatable bonds is 0. The molecule has 0 saturated carbocycles. The molecule has 1 N–H and O–H groups in total. The van der Waals surface area contributed by atoms with E-state index in [1.165, 1.54) is 6.33 Å². The van der Waals surface area contributed by atoms with Crippen LogP contribution in [0.2, 0.25) is 0 Å². The van der Waals surface area contributed by atoms with E-state index in [1.54, 1.807) is 13.8 Å². The van der Waals surface area contributed by atoms with E-state index in [2.05, 4.69) is 9.97 Å². The average Bonchev–Trinajstić information content (AvgIpc) is 2.64. The number of imidazole rings is 1. The quantitative estimate of drug-likeness (QED) is 0.756. The molecule has 0 atom stereocenters. The van der Waals surface area contributed by atoms with Gasteiger partial charge in [0.25, 0.3) is 0 Å². The molecule has 2 rings (SSSR count). The maximum atomic E-state index is 12.5. The number of aromatic nitrogens is 2. The molecule has 1 aromatic rings. The van der Waals surface area contributed by atoms with Crippen molar-refractivity contribution in [1.29, 1.82) is 0 Å². The summed E-state index contributed by atoms with van der Waals surface area (Å²) in [4.78, 5) is 19.0. The van der Waals surface area contributed by atoms with Gasteiger partial charge >= 0.3 is 12.1 Å². The van der Waals surface area contributed by atoms with Crippen molar-refractivity contribution in [3.8, 4) is 0 Å². The van der Waals surface area contributed by atoms with Gasteiger partial charge in [0.05, 0.1) is 17.6 Å². The second-order valence-corrected chi connectivity index (χ2v) is 4.49. The minimum atomic E-state index is -4.84. The summed E-state index contributed by atoms with van der Waals surface area (Å²) in [5.74, 6) is -1.81. The first-order valence-electron chi connectivity index (χ1n) is 5.16. The number of aromatic amines is 1. The Morgan fingerprint density at radius 1 is 1.53 bits per heavy atom. The van der Waals surface area contributed by atoms with E-state index in [0.29, 0.717) is 12.1 Å². The van der Waals surface area contributed by atoms with Crippen molar-refractivity contribution in [2.45, 2.75) is 32.0 Å². The maximum absolute atomic E-state index is 12.5. The van der Waals surface area contributed by atoms with Crippen LogP contribution in [0.1, 0.15) is 25.2 Å². The highest BCUT2D eigenvalue weighted by Gasteiger charge is 2.49. The van der Waals surface area contributed by atoms with Gasteiger partial charge in [0.15, 0.2) is 0 Å². The van der Waals surface area contributed by atoms with Crippen molar-refractivity contribution in [2.24, 2.45) is 0 Å². The van der Waals surface area contributed by atoms with Gasteiger partial charge in [-0.15, -0.1) is 0 Å². The van der Waals surface area contributed by atoms with Gasteiger partial charge in [-0.05, 0) is 13.8 Å². The zero-order valence-electron chi connectivity index (χ0n) is 9.43. The fourth-order valence-corrected chi connectivity index (χ4v) is 2.18. The minimum Gasteiger partial charge on any atom is -0.348 e. The lowest BCUT2D eigenvalue weighted by Gasteiger charge is -2.41. The van der Waals surface area contributed by atoms with Crippen molar-refractivity contribution >= 4 is 5.91 Å². The zero-order chi connectivity index (χ0) is 12.8. The second kappa shape index (κ2) is 3.48. The lowest BCUT2D eigenvalue weighted by atomic mass is 9.91. The molecule has 7 heteroatoms. The molecular weight excluding hydrogens is 235 g/mol. The largest absolute Gasteiger partial charge is 0.471 e. The topological polar surface area (TPSA) is 49.0 Å². The first-order valence-corrected chi connectivity index (χ1v) is 5.16. The van der Waals surface area contributed by atoms with E-state index in [9.17, 15) is 18.0 Å². The molecule has 0 spiro atoms. The number of H-pyrrole nitrogens is 1. The number of carbonyl (C=O) groups excluding carboxylic acids is 1. The first kappa shape index (κ1) is 11.9.